The van der Waals surface area contributed by atoms with Crippen LogP contribution in [0.15, 0.2) is 18.5 Å². The van der Waals surface area contributed by atoms with Gasteiger partial charge in [-0.05, 0) is 6.07 Å². The molecule has 4 nitrogen and oxygen atoms in total. The lowest BCUT2D eigenvalue weighted by atomic mass is 10.4. The van der Waals surface area contributed by atoms with Crippen molar-refractivity contribution < 1.29 is 13.5 Å². The van der Waals surface area contributed by atoms with E-state index in [0.717, 1.165) is 5.52 Å². The topological polar surface area (TPSA) is 39.9 Å². The van der Waals surface area contributed by atoms with E-state index in [0.29, 0.717) is 5.52 Å². The maximum atomic E-state index is 11.9. The molecule has 0 aliphatic rings. The van der Waals surface area contributed by atoms with Gasteiger partial charge in [-0.2, -0.15) is 4.98 Å². The van der Waals surface area contributed by atoms with Gasteiger partial charge >= 0.3 is 0 Å². The lowest BCUT2D eigenvalue weighted by Gasteiger charge is -2.03. The first-order valence-corrected chi connectivity index (χ1v) is 4.36. The molecule has 0 amide bonds. The number of nitrogens with zero attached hydrogens (tertiary/aromatic N) is 3. The van der Waals surface area contributed by atoms with E-state index in [4.69, 9.17) is 4.74 Å². The van der Waals surface area contributed by atoms with Crippen molar-refractivity contribution in [2.45, 2.75) is 6.43 Å². The second-order valence-corrected chi connectivity index (χ2v) is 3.02. The third-order valence-electron chi connectivity index (χ3n) is 1.98. The number of pyridine rings is 1. The van der Waals surface area contributed by atoms with Crippen molar-refractivity contribution in [3.05, 3.63) is 18.5 Å². The molecule has 80 valence electrons. The molecule has 0 radical (unpaired) electrons. The van der Waals surface area contributed by atoms with Crippen molar-refractivity contribution in [3.63, 3.8) is 0 Å². The summed E-state index contributed by atoms with van der Waals surface area (Å²) in [5.41, 5.74) is 1.43. The molecule has 2 aromatic rings. The largest absolute Gasteiger partial charge is 0.459 e. The smallest absolute Gasteiger partial charge is 0.297 e. The van der Waals surface area contributed by atoms with Gasteiger partial charge in [0.1, 0.15) is 5.52 Å². The zero-order valence-electron chi connectivity index (χ0n) is 8.02. The van der Waals surface area contributed by atoms with Crippen LogP contribution in [0.3, 0.4) is 0 Å². The van der Waals surface area contributed by atoms with Gasteiger partial charge < -0.3 is 4.74 Å². The predicted molar refractivity (Wildman–Crippen MR) is 50.0 cm³/mol. The van der Waals surface area contributed by atoms with Gasteiger partial charge in [0, 0.05) is 13.2 Å². The fourth-order valence-corrected chi connectivity index (χ4v) is 1.30. The van der Waals surface area contributed by atoms with Crippen LogP contribution in [-0.4, -0.2) is 27.6 Å². The summed E-state index contributed by atoms with van der Waals surface area (Å²) >= 11 is 0. The molecule has 2 rings (SSSR count). The van der Waals surface area contributed by atoms with E-state index >= 15 is 0 Å². The predicted octanol–water partition coefficient (Wildman–Crippen LogP) is 1.61. The summed E-state index contributed by atoms with van der Waals surface area (Å²) in [6.45, 7) is -0.648. The number of imidazole rings is 1. The van der Waals surface area contributed by atoms with Crippen molar-refractivity contribution in [3.8, 4) is 6.01 Å². The summed E-state index contributed by atoms with van der Waals surface area (Å²) in [4.78, 5) is 7.91. The molecule has 0 unspecified atom stereocenters. The van der Waals surface area contributed by atoms with E-state index in [1.165, 1.54) is 0 Å². The van der Waals surface area contributed by atoms with E-state index in [1.807, 2.05) is 0 Å². The van der Waals surface area contributed by atoms with Crippen LogP contribution in [0.25, 0.3) is 11.0 Å². The molecule has 15 heavy (non-hydrogen) atoms. The highest BCUT2D eigenvalue weighted by Crippen LogP contribution is 2.18. The maximum Gasteiger partial charge on any atom is 0.297 e. The second-order valence-electron chi connectivity index (χ2n) is 3.02. The molecule has 2 heterocycles. The number of fused-ring (bicyclic) bond motifs is 1. The van der Waals surface area contributed by atoms with Crippen molar-refractivity contribution in [1.82, 2.24) is 14.5 Å². The Hall–Kier alpha value is -1.72. The molecule has 0 N–H and O–H groups in total. The monoisotopic (exact) mass is 213 g/mol. The Labute approximate surface area is 84.5 Å². The number of aromatic nitrogens is 3. The molecule has 0 aliphatic heterocycles. The molecule has 0 aromatic carbocycles. The molecule has 0 saturated carbocycles. The molecule has 0 spiro atoms. The number of hydrogen-bond acceptors (Lipinski definition) is 3. The zero-order chi connectivity index (χ0) is 10.8. The van der Waals surface area contributed by atoms with Crippen molar-refractivity contribution >= 4 is 11.0 Å². The van der Waals surface area contributed by atoms with Gasteiger partial charge in [0.2, 0.25) is 0 Å². The standard InChI is InChI=1S/C9H9F2N3O/c1-14-7-2-3-12-4-6(7)13-9(14)15-5-8(10)11/h2-4,8H,5H2,1H3. The third kappa shape index (κ3) is 1.88. The summed E-state index contributed by atoms with van der Waals surface area (Å²) in [6.07, 6.45) is 0.675. The first-order chi connectivity index (χ1) is 7.18. The maximum absolute atomic E-state index is 11.9. The fraction of sp³-hybridized carbons (Fsp3) is 0.333. The Morgan fingerprint density at radius 2 is 2.33 bits per heavy atom. The SMILES string of the molecule is Cn1c(OCC(F)F)nc2cnccc21. The summed E-state index contributed by atoms with van der Waals surface area (Å²) in [6, 6.07) is 1.93. The molecule has 2 aromatic heterocycles. The summed E-state index contributed by atoms with van der Waals surface area (Å²) < 4.78 is 30.3. The molecule has 6 heteroatoms. The summed E-state index contributed by atoms with van der Waals surface area (Å²) in [5, 5.41) is 0. The van der Waals surface area contributed by atoms with Gasteiger partial charge in [-0.25, -0.2) is 8.78 Å². The zero-order valence-corrected chi connectivity index (χ0v) is 8.02. The van der Waals surface area contributed by atoms with Crippen LogP contribution in [0.4, 0.5) is 8.78 Å². The van der Waals surface area contributed by atoms with E-state index in [-0.39, 0.29) is 6.01 Å². The number of rotatable bonds is 3. The lowest BCUT2D eigenvalue weighted by molar-refractivity contribution is 0.0758. The Bertz CT molecular complexity index is 469. The van der Waals surface area contributed by atoms with Gasteiger partial charge in [-0.15, -0.1) is 0 Å². The molecular weight excluding hydrogens is 204 g/mol. The van der Waals surface area contributed by atoms with Crippen LogP contribution in [0.5, 0.6) is 6.01 Å². The first kappa shape index (κ1) is 9.82. The van der Waals surface area contributed by atoms with Crippen LogP contribution in [0.2, 0.25) is 0 Å². The first-order valence-electron chi connectivity index (χ1n) is 4.36. The van der Waals surface area contributed by atoms with Gasteiger partial charge in [0.05, 0.1) is 11.7 Å². The quantitative estimate of drug-likeness (QED) is 0.777. The number of alkyl halides is 2. The van der Waals surface area contributed by atoms with Crippen LogP contribution in [0, 0.1) is 0 Å². The lowest BCUT2D eigenvalue weighted by Crippen LogP contribution is -2.09. The molecular formula is C9H9F2N3O. The Morgan fingerprint density at radius 3 is 3.00 bits per heavy atom. The number of aryl methyl sites for hydroxylation is 1. The van der Waals surface area contributed by atoms with E-state index in [9.17, 15) is 8.78 Å². The highest BCUT2D eigenvalue weighted by molar-refractivity contribution is 5.75. The van der Waals surface area contributed by atoms with Gasteiger partial charge in [-0.1, -0.05) is 0 Å². The van der Waals surface area contributed by atoms with Crippen LogP contribution >= 0.6 is 0 Å². The summed E-state index contributed by atoms with van der Waals surface area (Å²) in [7, 11) is 1.70. The van der Waals surface area contributed by atoms with E-state index < -0.39 is 13.0 Å². The highest BCUT2D eigenvalue weighted by atomic mass is 19.3. The van der Waals surface area contributed by atoms with Gasteiger partial charge in [-0.3, -0.25) is 9.55 Å². The molecule has 0 saturated heterocycles. The van der Waals surface area contributed by atoms with Crippen LogP contribution in [0.1, 0.15) is 0 Å². The number of halogens is 2. The van der Waals surface area contributed by atoms with Crippen molar-refractivity contribution in [1.29, 1.82) is 0 Å². The summed E-state index contributed by atoms with van der Waals surface area (Å²) in [5.74, 6) is 0. The highest BCUT2D eigenvalue weighted by Gasteiger charge is 2.10. The van der Waals surface area contributed by atoms with Crippen molar-refractivity contribution in [2.75, 3.05) is 6.61 Å². The van der Waals surface area contributed by atoms with E-state index in [2.05, 4.69) is 9.97 Å². The molecule has 0 atom stereocenters. The molecule has 0 fully saturated rings. The minimum Gasteiger partial charge on any atom is -0.459 e. The average molecular weight is 213 g/mol. The molecule has 0 bridgehead atoms. The van der Waals surface area contributed by atoms with Crippen LogP contribution in [-0.2, 0) is 7.05 Å². The van der Waals surface area contributed by atoms with Crippen LogP contribution < -0.4 is 4.74 Å². The van der Waals surface area contributed by atoms with Crippen molar-refractivity contribution in [2.24, 2.45) is 7.05 Å². The number of ether oxygens (including phenoxy) is 1. The fourth-order valence-electron chi connectivity index (χ4n) is 1.30. The Morgan fingerprint density at radius 1 is 1.53 bits per heavy atom. The third-order valence-corrected chi connectivity index (χ3v) is 1.98. The minimum absolute atomic E-state index is 0.179. The second kappa shape index (κ2) is 3.80. The van der Waals surface area contributed by atoms with Gasteiger partial charge in [0.25, 0.3) is 12.4 Å². The number of hydrogen-bond donors (Lipinski definition) is 0. The van der Waals surface area contributed by atoms with Gasteiger partial charge in [0.15, 0.2) is 6.61 Å². The average Bonchev–Trinajstić information content (AvgIpc) is 2.54. The Kier molecular flexibility index (Phi) is 2.49. The normalized spacial score (nSPS) is 11.2. The molecule has 0 aliphatic carbocycles. The minimum atomic E-state index is -2.50. The Balaban J connectivity index is 2.32. The van der Waals surface area contributed by atoms with E-state index in [1.54, 1.807) is 30.1 Å².